The molecule has 0 fully saturated rings. The zero-order chi connectivity index (χ0) is 11.9. The molecule has 0 saturated heterocycles. The number of nitrogens with one attached hydrogen (secondary N) is 1. The molecule has 2 rings (SSSR count). The molecule has 0 unspecified atom stereocenters. The van der Waals surface area contributed by atoms with E-state index in [9.17, 15) is 0 Å². The molecule has 1 aromatic carbocycles. The van der Waals surface area contributed by atoms with Gasteiger partial charge in [-0.3, -0.25) is 0 Å². The molecule has 0 aliphatic heterocycles. The van der Waals surface area contributed by atoms with E-state index in [0.29, 0.717) is 0 Å². The van der Waals surface area contributed by atoms with E-state index in [-0.39, 0.29) is 0 Å². The lowest BCUT2D eigenvalue weighted by atomic mass is 10.2. The van der Waals surface area contributed by atoms with Gasteiger partial charge in [0.05, 0.1) is 0 Å². The fraction of sp³-hybridized carbons (Fsp3) is 0.333. The first-order chi connectivity index (χ1) is 8.38. The Labute approximate surface area is 103 Å². The van der Waals surface area contributed by atoms with E-state index in [1.807, 2.05) is 6.07 Å². The maximum absolute atomic E-state index is 3.46. The van der Waals surface area contributed by atoms with Crippen LogP contribution in [-0.4, -0.2) is 4.57 Å². The lowest BCUT2D eigenvalue weighted by Gasteiger charge is -2.03. The van der Waals surface area contributed by atoms with Crippen molar-refractivity contribution in [2.75, 3.05) is 0 Å². The Kier molecular flexibility index (Phi) is 4.39. The number of aromatic nitrogens is 1. The molecule has 0 aliphatic carbocycles. The van der Waals surface area contributed by atoms with Crippen molar-refractivity contribution < 1.29 is 0 Å². The molecule has 2 heteroatoms. The predicted molar refractivity (Wildman–Crippen MR) is 71.7 cm³/mol. The van der Waals surface area contributed by atoms with Crippen molar-refractivity contribution >= 4 is 0 Å². The molecule has 0 saturated carbocycles. The molecule has 90 valence electrons. The monoisotopic (exact) mass is 228 g/mol. The average Bonchev–Trinajstić information content (AvgIpc) is 2.79. The molecule has 2 aromatic rings. The van der Waals surface area contributed by atoms with Crippen LogP contribution in [-0.2, 0) is 19.6 Å². The minimum absolute atomic E-state index is 0.930. The van der Waals surface area contributed by atoms with Gasteiger partial charge in [-0.15, -0.1) is 0 Å². The molecule has 1 heterocycles. The van der Waals surface area contributed by atoms with Gasteiger partial charge in [-0.2, -0.15) is 0 Å². The molecule has 17 heavy (non-hydrogen) atoms. The Morgan fingerprint density at radius 2 is 1.76 bits per heavy atom. The predicted octanol–water partition coefficient (Wildman–Crippen LogP) is 3.19. The van der Waals surface area contributed by atoms with E-state index < -0.39 is 0 Å². The van der Waals surface area contributed by atoms with E-state index in [0.717, 1.165) is 19.6 Å². The number of rotatable bonds is 6. The quantitative estimate of drug-likeness (QED) is 0.803. The van der Waals surface area contributed by atoms with Crippen molar-refractivity contribution in [3.8, 4) is 0 Å². The van der Waals surface area contributed by atoms with Crippen LogP contribution in [0.4, 0.5) is 0 Å². The first-order valence-corrected chi connectivity index (χ1v) is 6.28. The van der Waals surface area contributed by atoms with Crippen molar-refractivity contribution in [2.45, 2.75) is 33.0 Å². The van der Waals surface area contributed by atoms with Crippen LogP contribution in [0.1, 0.15) is 24.5 Å². The molecular formula is C15H20N2. The van der Waals surface area contributed by atoms with Crippen molar-refractivity contribution in [1.29, 1.82) is 0 Å². The smallest absolute Gasteiger partial charge is 0.0223 e. The molecule has 2 nitrogen and oxygen atoms in total. The topological polar surface area (TPSA) is 17.0 Å². The van der Waals surface area contributed by atoms with Crippen LogP contribution >= 0.6 is 0 Å². The zero-order valence-corrected chi connectivity index (χ0v) is 10.4. The summed E-state index contributed by atoms with van der Waals surface area (Å²) in [6.07, 6.45) is 5.57. The van der Waals surface area contributed by atoms with Crippen LogP contribution in [0.3, 0.4) is 0 Å². The number of aryl methyl sites for hydroxylation is 1. The first-order valence-electron chi connectivity index (χ1n) is 6.28. The second-order valence-corrected chi connectivity index (χ2v) is 4.35. The molecule has 0 aliphatic rings. The van der Waals surface area contributed by atoms with Gasteiger partial charge in [0.2, 0.25) is 0 Å². The third-order valence-corrected chi connectivity index (χ3v) is 2.79. The van der Waals surface area contributed by atoms with Crippen LogP contribution in [0.2, 0.25) is 0 Å². The summed E-state index contributed by atoms with van der Waals surface area (Å²) >= 11 is 0. The summed E-state index contributed by atoms with van der Waals surface area (Å²) in [7, 11) is 0. The second kappa shape index (κ2) is 6.26. The maximum Gasteiger partial charge on any atom is 0.0223 e. The SMILES string of the molecule is CCCn1ccc(CNCc2ccccc2)c1. The Morgan fingerprint density at radius 3 is 2.53 bits per heavy atom. The first kappa shape index (κ1) is 11.9. The molecule has 1 aromatic heterocycles. The summed E-state index contributed by atoms with van der Waals surface area (Å²) in [6.45, 7) is 5.18. The molecule has 0 atom stereocenters. The summed E-state index contributed by atoms with van der Waals surface area (Å²) in [5, 5.41) is 3.46. The molecule has 0 bridgehead atoms. The fourth-order valence-corrected chi connectivity index (χ4v) is 1.94. The normalized spacial score (nSPS) is 10.6. The van der Waals surface area contributed by atoms with Crippen LogP contribution in [0.15, 0.2) is 48.8 Å². The van der Waals surface area contributed by atoms with E-state index in [1.54, 1.807) is 0 Å². The van der Waals surface area contributed by atoms with E-state index in [2.05, 4.69) is 59.5 Å². The third-order valence-electron chi connectivity index (χ3n) is 2.79. The van der Waals surface area contributed by atoms with Gasteiger partial charge in [-0.05, 0) is 23.6 Å². The standard InChI is InChI=1S/C15H20N2/c1-2-9-17-10-8-15(13-17)12-16-11-14-6-4-3-5-7-14/h3-8,10,13,16H,2,9,11-12H2,1H3. The summed E-state index contributed by atoms with van der Waals surface area (Å²) in [6, 6.07) is 12.7. The Hall–Kier alpha value is -1.54. The zero-order valence-electron chi connectivity index (χ0n) is 10.4. The molecular weight excluding hydrogens is 208 g/mol. The number of benzene rings is 1. The van der Waals surface area contributed by atoms with Crippen molar-refractivity contribution in [3.63, 3.8) is 0 Å². The minimum atomic E-state index is 0.930. The molecule has 0 spiro atoms. The van der Waals surface area contributed by atoms with Crippen molar-refractivity contribution in [1.82, 2.24) is 9.88 Å². The van der Waals surface area contributed by atoms with Gasteiger partial charge < -0.3 is 9.88 Å². The lowest BCUT2D eigenvalue weighted by Crippen LogP contribution is -2.12. The Balaban J connectivity index is 1.78. The van der Waals surface area contributed by atoms with Gasteiger partial charge in [-0.1, -0.05) is 37.3 Å². The Bertz CT molecular complexity index is 431. The van der Waals surface area contributed by atoms with Crippen LogP contribution in [0.5, 0.6) is 0 Å². The second-order valence-electron chi connectivity index (χ2n) is 4.35. The van der Waals surface area contributed by atoms with Crippen LogP contribution in [0.25, 0.3) is 0 Å². The van der Waals surface area contributed by atoms with E-state index in [1.165, 1.54) is 17.5 Å². The van der Waals surface area contributed by atoms with Gasteiger partial charge in [0.15, 0.2) is 0 Å². The maximum atomic E-state index is 3.46. The minimum Gasteiger partial charge on any atom is -0.354 e. The van der Waals surface area contributed by atoms with Gasteiger partial charge in [0.25, 0.3) is 0 Å². The van der Waals surface area contributed by atoms with Crippen molar-refractivity contribution in [2.24, 2.45) is 0 Å². The van der Waals surface area contributed by atoms with E-state index >= 15 is 0 Å². The summed E-state index contributed by atoms with van der Waals surface area (Å²) in [4.78, 5) is 0. The summed E-state index contributed by atoms with van der Waals surface area (Å²) in [5.74, 6) is 0. The van der Waals surface area contributed by atoms with Crippen LogP contribution in [0, 0.1) is 0 Å². The highest BCUT2D eigenvalue weighted by Gasteiger charge is 1.96. The number of hydrogen-bond donors (Lipinski definition) is 1. The van der Waals surface area contributed by atoms with Crippen LogP contribution < -0.4 is 5.32 Å². The fourth-order valence-electron chi connectivity index (χ4n) is 1.94. The molecule has 0 radical (unpaired) electrons. The van der Waals surface area contributed by atoms with Gasteiger partial charge in [0.1, 0.15) is 0 Å². The Morgan fingerprint density at radius 1 is 1.00 bits per heavy atom. The summed E-state index contributed by atoms with van der Waals surface area (Å²) < 4.78 is 2.25. The number of nitrogens with zero attached hydrogens (tertiary/aromatic N) is 1. The average molecular weight is 228 g/mol. The lowest BCUT2D eigenvalue weighted by molar-refractivity contribution is 0.668. The highest BCUT2D eigenvalue weighted by molar-refractivity contribution is 5.15. The van der Waals surface area contributed by atoms with Crippen molar-refractivity contribution in [3.05, 3.63) is 59.9 Å². The largest absolute Gasteiger partial charge is 0.354 e. The van der Waals surface area contributed by atoms with Gasteiger partial charge in [0, 0.05) is 32.0 Å². The van der Waals surface area contributed by atoms with Gasteiger partial charge in [-0.25, -0.2) is 0 Å². The van der Waals surface area contributed by atoms with E-state index in [4.69, 9.17) is 0 Å². The highest BCUT2D eigenvalue weighted by atomic mass is 14.9. The highest BCUT2D eigenvalue weighted by Crippen LogP contribution is 2.03. The third kappa shape index (κ3) is 3.75. The van der Waals surface area contributed by atoms with Gasteiger partial charge >= 0.3 is 0 Å². The molecule has 1 N–H and O–H groups in total. The number of hydrogen-bond acceptors (Lipinski definition) is 1. The molecule has 0 amide bonds. The summed E-state index contributed by atoms with van der Waals surface area (Å²) in [5.41, 5.74) is 2.69.